The number of pyridine rings is 1. The van der Waals surface area contributed by atoms with Gasteiger partial charge in [0.1, 0.15) is 0 Å². The molecule has 0 aliphatic rings. The SMILES string of the molecule is O=C(O)C(=O)O.OCCNCCSc1nnc2ccccn12. The van der Waals surface area contributed by atoms with Crippen LogP contribution in [0.2, 0.25) is 0 Å². The van der Waals surface area contributed by atoms with Crippen molar-refractivity contribution >= 4 is 29.3 Å². The van der Waals surface area contributed by atoms with Gasteiger partial charge in [0.2, 0.25) is 0 Å². The maximum absolute atomic E-state index is 9.10. The number of hydrogen-bond acceptors (Lipinski definition) is 7. The van der Waals surface area contributed by atoms with Crippen LogP contribution in [0.1, 0.15) is 0 Å². The van der Waals surface area contributed by atoms with Crippen molar-refractivity contribution in [2.45, 2.75) is 5.16 Å². The minimum absolute atomic E-state index is 0.179. The highest BCUT2D eigenvalue weighted by Crippen LogP contribution is 2.15. The molecule has 0 saturated heterocycles. The van der Waals surface area contributed by atoms with E-state index in [-0.39, 0.29) is 6.61 Å². The number of rotatable bonds is 6. The van der Waals surface area contributed by atoms with E-state index in [1.54, 1.807) is 11.8 Å². The van der Waals surface area contributed by atoms with E-state index < -0.39 is 11.9 Å². The Morgan fingerprint density at radius 3 is 2.55 bits per heavy atom. The van der Waals surface area contributed by atoms with Gasteiger partial charge in [-0.2, -0.15) is 0 Å². The number of thioether (sulfide) groups is 1. The van der Waals surface area contributed by atoms with Crippen LogP contribution in [0.5, 0.6) is 0 Å². The van der Waals surface area contributed by atoms with Crippen LogP contribution in [0.3, 0.4) is 0 Å². The second kappa shape index (κ2) is 9.71. The molecule has 2 rings (SSSR count). The summed E-state index contributed by atoms with van der Waals surface area (Å²) in [7, 11) is 0. The predicted octanol–water partition coefficient (Wildman–Crippen LogP) is -0.441. The van der Waals surface area contributed by atoms with Gasteiger partial charge in [-0.25, -0.2) is 9.59 Å². The Morgan fingerprint density at radius 1 is 1.18 bits per heavy atom. The van der Waals surface area contributed by atoms with Crippen molar-refractivity contribution in [2.75, 3.05) is 25.4 Å². The first-order valence-corrected chi connectivity index (χ1v) is 7.25. The van der Waals surface area contributed by atoms with Gasteiger partial charge in [0.05, 0.1) is 6.61 Å². The predicted molar refractivity (Wildman–Crippen MR) is 78.9 cm³/mol. The third-order valence-electron chi connectivity index (χ3n) is 2.26. The van der Waals surface area contributed by atoms with Gasteiger partial charge in [-0.3, -0.25) is 4.40 Å². The Balaban J connectivity index is 0.000000346. The third kappa shape index (κ3) is 6.08. The van der Waals surface area contributed by atoms with E-state index in [1.165, 1.54) is 0 Å². The molecule has 0 amide bonds. The van der Waals surface area contributed by atoms with Crippen LogP contribution in [0.4, 0.5) is 0 Å². The van der Waals surface area contributed by atoms with Gasteiger partial charge < -0.3 is 20.6 Å². The Bertz CT molecular complexity index is 606. The number of hydrogen-bond donors (Lipinski definition) is 4. The second-order valence-electron chi connectivity index (χ2n) is 3.84. The highest BCUT2D eigenvalue weighted by Gasteiger charge is 2.04. The van der Waals surface area contributed by atoms with Crippen LogP contribution < -0.4 is 5.32 Å². The van der Waals surface area contributed by atoms with Gasteiger partial charge in [0.25, 0.3) is 0 Å². The summed E-state index contributed by atoms with van der Waals surface area (Å²) in [6.45, 7) is 1.67. The number of carboxylic acid groups (broad SMARTS) is 2. The normalized spacial score (nSPS) is 10.0. The lowest BCUT2D eigenvalue weighted by Gasteiger charge is -2.01. The molecule has 4 N–H and O–H groups in total. The van der Waals surface area contributed by atoms with Gasteiger partial charge in [-0.05, 0) is 12.1 Å². The first kappa shape index (κ1) is 17.9. The van der Waals surface area contributed by atoms with Crippen molar-refractivity contribution in [1.82, 2.24) is 19.9 Å². The fraction of sp³-hybridized carbons (Fsp3) is 0.333. The third-order valence-corrected chi connectivity index (χ3v) is 3.21. The summed E-state index contributed by atoms with van der Waals surface area (Å²) in [6, 6.07) is 5.84. The van der Waals surface area contributed by atoms with Crippen molar-refractivity contribution in [1.29, 1.82) is 0 Å². The molecule has 22 heavy (non-hydrogen) atoms. The molecule has 0 radical (unpaired) electrons. The summed E-state index contributed by atoms with van der Waals surface area (Å²) in [4.78, 5) is 18.2. The molecule has 0 aromatic carbocycles. The largest absolute Gasteiger partial charge is 0.473 e. The summed E-state index contributed by atoms with van der Waals surface area (Å²) in [5.41, 5.74) is 0.869. The maximum atomic E-state index is 9.10. The molecule has 9 nitrogen and oxygen atoms in total. The molecule has 120 valence electrons. The Hall–Kier alpha value is -2.17. The lowest BCUT2D eigenvalue weighted by atomic mass is 10.5. The van der Waals surface area contributed by atoms with E-state index in [0.717, 1.165) is 23.1 Å². The highest BCUT2D eigenvalue weighted by atomic mass is 32.2. The lowest BCUT2D eigenvalue weighted by Crippen LogP contribution is -2.20. The first-order valence-electron chi connectivity index (χ1n) is 6.26. The van der Waals surface area contributed by atoms with Crippen LogP contribution in [-0.4, -0.2) is 67.3 Å². The minimum atomic E-state index is -1.82. The number of aliphatic hydroxyl groups is 1. The topological polar surface area (TPSA) is 137 Å². The van der Waals surface area contributed by atoms with Crippen molar-refractivity contribution < 1.29 is 24.9 Å². The molecule has 0 aliphatic carbocycles. The van der Waals surface area contributed by atoms with Gasteiger partial charge >= 0.3 is 11.9 Å². The standard InChI is InChI=1S/C10H14N4OS.C2H2O4/c15-7-4-11-5-8-16-10-13-12-9-3-1-2-6-14(9)10;3-1(4)2(5)6/h1-3,6,11,15H,4-5,7-8H2;(H,3,4)(H,5,6). The summed E-state index contributed by atoms with van der Waals surface area (Å²) in [5, 5.41) is 35.6. The van der Waals surface area contributed by atoms with Gasteiger partial charge in [-0.1, -0.05) is 17.8 Å². The molecule has 2 aromatic heterocycles. The number of carbonyl (C=O) groups is 2. The number of nitrogens with one attached hydrogen (secondary N) is 1. The molecular formula is C12H16N4O5S. The Labute approximate surface area is 130 Å². The monoisotopic (exact) mass is 328 g/mol. The number of aliphatic carboxylic acids is 2. The summed E-state index contributed by atoms with van der Waals surface area (Å²) >= 11 is 1.65. The maximum Gasteiger partial charge on any atom is 0.414 e. The molecule has 0 atom stereocenters. The molecule has 2 aromatic rings. The second-order valence-corrected chi connectivity index (χ2v) is 4.91. The Kier molecular flexibility index (Phi) is 7.89. The molecule has 10 heteroatoms. The van der Waals surface area contributed by atoms with Gasteiger partial charge in [0.15, 0.2) is 10.8 Å². The van der Waals surface area contributed by atoms with Crippen LogP contribution >= 0.6 is 11.8 Å². The highest BCUT2D eigenvalue weighted by molar-refractivity contribution is 7.99. The number of carboxylic acids is 2. The Morgan fingerprint density at radius 2 is 1.91 bits per heavy atom. The van der Waals surface area contributed by atoms with E-state index >= 15 is 0 Å². The zero-order valence-corrected chi connectivity index (χ0v) is 12.4. The van der Waals surface area contributed by atoms with Gasteiger partial charge in [0, 0.05) is 25.0 Å². The fourth-order valence-corrected chi connectivity index (χ4v) is 2.16. The zero-order valence-electron chi connectivity index (χ0n) is 11.5. The van der Waals surface area contributed by atoms with Crippen LogP contribution in [0.25, 0.3) is 5.65 Å². The van der Waals surface area contributed by atoms with Crippen LogP contribution in [0, 0.1) is 0 Å². The molecule has 0 spiro atoms. The average Bonchev–Trinajstić information content (AvgIpc) is 2.91. The molecule has 0 saturated carbocycles. The van der Waals surface area contributed by atoms with Crippen molar-refractivity contribution in [3.63, 3.8) is 0 Å². The smallest absolute Gasteiger partial charge is 0.414 e. The van der Waals surface area contributed by atoms with E-state index in [0.29, 0.717) is 6.54 Å². The number of fused-ring (bicyclic) bond motifs is 1. The van der Waals surface area contributed by atoms with Crippen LogP contribution in [-0.2, 0) is 9.59 Å². The van der Waals surface area contributed by atoms with Crippen molar-refractivity contribution in [3.8, 4) is 0 Å². The zero-order chi connectivity index (χ0) is 16.4. The summed E-state index contributed by atoms with van der Waals surface area (Å²) in [6.07, 6.45) is 1.96. The molecule has 0 unspecified atom stereocenters. The van der Waals surface area contributed by atoms with E-state index in [4.69, 9.17) is 24.9 Å². The number of aromatic nitrogens is 3. The molecule has 2 heterocycles. The molecule has 0 fully saturated rings. The summed E-state index contributed by atoms with van der Waals surface area (Å²) in [5.74, 6) is -2.74. The minimum Gasteiger partial charge on any atom is -0.473 e. The van der Waals surface area contributed by atoms with Crippen molar-refractivity contribution in [3.05, 3.63) is 24.4 Å². The summed E-state index contributed by atoms with van der Waals surface area (Å²) < 4.78 is 1.97. The number of aliphatic hydroxyl groups excluding tert-OH is 1. The quantitative estimate of drug-likeness (QED) is 0.316. The van der Waals surface area contributed by atoms with E-state index in [2.05, 4.69) is 15.5 Å². The fourth-order valence-electron chi connectivity index (χ4n) is 1.34. The number of nitrogens with zero attached hydrogens (tertiary/aromatic N) is 3. The molecular weight excluding hydrogens is 312 g/mol. The van der Waals surface area contributed by atoms with E-state index in [1.807, 2.05) is 28.8 Å². The van der Waals surface area contributed by atoms with E-state index in [9.17, 15) is 0 Å². The first-order chi connectivity index (χ1) is 10.6. The molecule has 0 bridgehead atoms. The van der Waals surface area contributed by atoms with Gasteiger partial charge in [-0.15, -0.1) is 10.2 Å². The lowest BCUT2D eigenvalue weighted by molar-refractivity contribution is -0.159. The van der Waals surface area contributed by atoms with Crippen molar-refractivity contribution in [2.24, 2.45) is 0 Å². The average molecular weight is 328 g/mol. The molecule has 0 aliphatic heterocycles. The van der Waals surface area contributed by atoms with Crippen LogP contribution in [0.15, 0.2) is 29.6 Å².